The van der Waals surface area contributed by atoms with Crippen LogP contribution in [-0.2, 0) is 4.74 Å². The molecule has 0 aromatic heterocycles. The van der Waals surface area contributed by atoms with E-state index in [1.54, 1.807) is 7.11 Å². The van der Waals surface area contributed by atoms with Crippen molar-refractivity contribution < 1.29 is 9.47 Å². The fraction of sp³-hybridized carbons (Fsp3) is 0.647. The maximum atomic E-state index is 5.57. The molecule has 0 aliphatic heterocycles. The monoisotopic (exact) mass is 277 g/mol. The van der Waals surface area contributed by atoms with Crippen molar-refractivity contribution in [1.82, 2.24) is 0 Å². The number of rotatable bonds is 7. The van der Waals surface area contributed by atoms with Gasteiger partial charge < -0.3 is 14.8 Å². The Hall–Kier alpha value is -1.22. The van der Waals surface area contributed by atoms with E-state index in [0.717, 1.165) is 11.7 Å². The maximum absolute atomic E-state index is 5.57. The third-order valence-electron chi connectivity index (χ3n) is 4.21. The molecule has 0 bridgehead atoms. The molecule has 3 heteroatoms. The molecule has 0 spiro atoms. The highest BCUT2D eigenvalue weighted by Gasteiger charge is 2.19. The summed E-state index contributed by atoms with van der Waals surface area (Å²) in [7, 11) is 1.68. The van der Waals surface area contributed by atoms with E-state index < -0.39 is 0 Å². The van der Waals surface area contributed by atoms with Crippen LogP contribution in [0.15, 0.2) is 24.3 Å². The third kappa shape index (κ3) is 4.71. The lowest BCUT2D eigenvalue weighted by atomic mass is 9.84. The first-order valence-electron chi connectivity index (χ1n) is 7.80. The van der Waals surface area contributed by atoms with Gasteiger partial charge in [-0.1, -0.05) is 13.3 Å². The van der Waals surface area contributed by atoms with Crippen LogP contribution in [0.5, 0.6) is 5.75 Å². The van der Waals surface area contributed by atoms with Gasteiger partial charge in [-0.3, -0.25) is 0 Å². The Balaban J connectivity index is 1.76. The molecular formula is C17H27NO2. The molecule has 2 rings (SSSR count). The normalized spacial score (nSPS) is 22.5. The minimum atomic E-state index is 0.601. The summed E-state index contributed by atoms with van der Waals surface area (Å²) < 4.78 is 10.5. The van der Waals surface area contributed by atoms with Crippen LogP contribution in [0.2, 0.25) is 0 Å². The lowest BCUT2D eigenvalue weighted by Crippen LogP contribution is -2.25. The average Bonchev–Trinajstić information content (AvgIpc) is 2.50. The van der Waals surface area contributed by atoms with Gasteiger partial charge in [0.2, 0.25) is 0 Å². The summed E-state index contributed by atoms with van der Waals surface area (Å²) in [6, 6.07) is 8.89. The predicted octanol–water partition coefficient (Wildman–Crippen LogP) is 4.09. The second-order valence-electron chi connectivity index (χ2n) is 5.64. The first kappa shape index (κ1) is 15.2. The molecule has 1 N–H and O–H groups in total. The van der Waals surface area contributed by atoms with Crippen LogP contribution < -0.4 is 10.1 Å². The molecule has 1 aliphatic rings. The number of hydrogen-bond donors (Lipinski definition) is 1. The Kier molecular flexibility index (Phi) is 6.19. The molecule has 0 radical (unpaired) electrons. The molecule has 1 aliphatic carbocycles. The number of ether oxygens (including phenoxy) is 2. The summed E-state index contributed by atoms with van der Waals surface area (Å²) in [5, 5.41) is 3.64. The van der Waals surface area contributed by atoms with Crippen LogP contribution in [0.1, 0.15) is 39.0 Å². The van der Waals surface area contributed by atoms with Crippen molar-refractivity contribution in [2.75, 3.05) is 25.6 Å². The zero-order valence-electron chi connectivity index (χ0n) is 12.7. The quantitative estimate of drug-likeness (QED) is 0.761. The fourth-order valence-corrected chi connectivity index (χ4v) is 2.84. The molecule has 0 atom stereocenters. The summed E-state index contributed by atoms with van der Waals surface area (Å²) in [5.74, 6) is 1.85. The van der Waals surface area contributed by atoms with E-state index in [9.17, 15) is 0 Å². The third-order valence-corrected chi connectivity index (χ3v) is 4.21. The zero-order chi connectivity index (χ0) is 14.2. The van der Waals surface area contributed by atoms with Crippen LogP contribution in [0, 0.1) is 5.92 Å². The molecule has 1 aromatic rings. The fourth-order valence-electron chi connectivity index (χ4n) is 2.84. The van der Waals surface area contributed by atoms with Crippen LogP contribution in [0.3, 0.4) is 0 Å². The molecule has 1 saturated carbocycles. The first-order valence-corrected chi connectivity index (χ1v) is 7.80. The van der Waals surface area contributed by atoms with Gasteiger partial charge >= 0.3 is 0 Å². The van der Waals surface area contributed by atoms with Crippen molar-refractivity contribution in [1.29, 1.82) is 0 Å². The molecule has 3 nitrogen and oxygen atoms in total. The van der Waals surface area contributed by atoms with Crippen LogP contribution in [0.4, 0.5) is 5.69 Å². The highest BCUT2D eigenvalue weighted by Crippen LogP contribution is 2.28. The molecule has 1 fully saturated rings. The van der Waals surface area contributed by atoms with E-state index in [-0.39, 0.29) is 0 Å². The van der Waals surface area contributed by atoms with E-state index in [1.165, 1.54) is 37.8 Å². The average molecular weight is 277 g/mol. The van der Waals surface area contributed by atoms with Gasteiger partial charge in [-0.05, 0) is 55.9 Å². The Bertz CT molecular complexity index is 369. The second-order valence-corrected chi connectivity index (χ2v) is 5.64. The Morgan fingerprint density at radius 1 is 1.05 bits per heavy atom. The molecule has 0 unspecified atom stereocenters. The zero-order valence-corrected chi connectivity index (χ0v) is 12.7. The number of benzene rings is 1. The SMILES string of the molecule is CCC1CCC(Nc2ccc(OCCOC)cc2)CC1. The summed E-state index contributed by atoms with van der Waals surface area (Å²) in [4.78, 5) is 0. The Morgan fingerprint density at radius 3 is 2.35 bits per heavy atom. The van der Waals surface area contributed by atoms with Crippen molar-refractivity contribution in [3.8, 4) is 5.75 Å². The van der Waals surface area contributed by atoms with Gasteiger partial charge in [-0.15, -0.1) is 0 Å². The number of methoxy groups -OCH3 is 1. The predicted molar refractivity (Wildman–Crippen MR) is 83.5 cm³/mol. The first-order chi connectivity index (χ1) is 9.81. The molecule has 0 saturated heterocycles. The van der Waals surface area contributed by atoms with Crippen molar-refractivity contribution in [3.63, 3.8) is 0 Å². The smallest absolute Gasteiger partial charge is 0.119 e. The van der Waals surface area contributed by atoms with Crippen LogP contribution >= 0.6 is 0 Å². The lowest BCUT2D eigenvalue weighted by Gasteiger charge is -2.29. The van der Waals surface area contributed by atoms with E-state index in [4.69, 9.17) is 9.47 Å². The molecule has 0 amide bonds. The van der Waals surface area contributed by atoms with Gasteiger partial charge in [0.05, 0.1) is 6.61 Å². The number of hydrogen-bond acceptors (Lipinski definition) is 3. The maximum Gasteiger partial charge on any atom is 0.119 e. The van der Waals surface area contributed by atoms with E-state index >= 15 is 0 Å². The summed E-state index contributed by atoms with van der Waals surface area (Å²) in [6.07, 6.45) is 6.66. The standard InChI is InChI=1S/C17H27NO2/c1-3-14-4-6-15(7-5-14)18-16-8-10-17(11-9-16)20-13-12-19-2/h8-11,14-15,18H,3-7,12-13H2,1-2H3. The highest BCUT2D eigenvalue weighted by molar-refractivity contribution is 5.47. The topological polar surface area (TPSA) is 30.5 Å². The van der Waals surface area contributed by atoms with Gasteiger partial charge in [0.1, 0.15) is 12.4 Å². The van der Waals surface area contributed by atoms with Crippen molar-refractivity contribution in [2.45, 2.75) is 45.1 Å². The molecule has 1 aromatic carbocycles. The summed E-state index contributed by atoms with van der Waals surface area (Å²) >= 11 is 0. The number of nitrogens with one attached hydrogen (secondary N) is 1. The van der Waals surface area contributed by atoms with Gasteiger partial charge in [0.25, 0.3) is 0 Å². The second kappa shape index (κ2) is 8.15. The van der Waals surface area contributed by atoms with Gasteiger partial charge in [-0.2, -0.15) is 0 Å². The van der Waals surface area contributed by atoms with Crippen LogP contribution in [0.25, 0.3) is 0 Å². The molecule has 20 heavy (non-hydrogen) atoms. The summed E-state index contributed by atoms with van der Waals surface area (Å²) in [6.45, 7) is 3.53. The van der Waals surface area contributed by atoms with Crippen molar-refractivity contribution in [2.24, 2.45) is 5.92 Å². The van der Waals surface area contributed by atoms with Gasteiger partial charge in [-0.25, -0.2) is 0 Å². The van der Waals surface area contributed by atoms with Gasteiger partial charge in [0.15, 0.2) is 0 Å². The highest BCUT2D eigenvalue weighted by atomic mass is 16.5. The molecular weight excluding hydrogens is 250 g/mol. The molecule has 112 valence electrons. The number of anilines is 1. The Labute approximate surface area is 122 Å². The minimum Gasteiger partial charge on any atom is -0.491 e. The molecule has 0 heterocycles. The van der Waals surface area contributed by atoms with Gasteiger partial charge in [0, 0.05) is 18.8 Å². The van der Waals surface area contributed by atoms with E-state index in [0.29, 0.717) is 19.3 Å². The largest absolute Gasteiger partial charge is 0.491 e. The van der Waals surface area contributed by atoms with Crippen molar-refractivity contribution in [3.05, 3.63) is 24.3 Å². The Morgan fingerprint density at radius 2 is 1.75 bits per heavy atom. The summed E-state index contributed by atoms with van der Waals surface area (Å²) in [5.41, 5.74) is 1.20. The lowest BCUT2D eigenvalue weighted by molar-refractivity contribution is 0.146. The van der Waals surface area contributed by atoms with E-state index in [1.807, 2.05) is 12.1 Å². The van der Waals surface area contributed by atoms with E-state index in [2.05, 4.69) is 24.4 Å². The minimum absolute atomic E-state index is 0.601. The van der Waals surface area contributed by atoms with Crippen LogP contribution in [-0.4, -0.2) is 26.4 Å². The van der Waals surface area contributed by atoms with Crippen molar-refractivity contribution >= 4 is 5.69 Å².